The van der Waals surface area contributed by atoms with Crippen molar-refractivity contribution in [2.75, 3.05) is 26.2 Å². The molecule has 0 spiro atoms. The van der Waals surface area contributed by atoms with Crippen LogP contribution in [0.1, 0.15) is 12.2 Å². The highest BCUT2D eigenvalue weighted by atomic mass is 16.5. The van der Waals surface area contributed by atoms with E-state index in [9.17, 15) is 0 Å². The van der Waals surface area contributed by atoms with Crippen molar-refractivity contribution in [3.63, 3.8) is 0 Å². The average Bonchev–Trinajstić information content (AvgIpc) is 3.17. The van der Waals surface area contributed by atoms with Crippen LogP contribution in [0.15, 0.2) is 41.5 Å². The fourth-order valence-electron chi connectivity index (χ4n) is 3.45. The van der Waals surface area contributed by atoms with Crippen molar-refractivity contribution in [2.45, 2.75) is 25.1 Å². The van der Waals surface area contributed by atoms with Crippen LogP contribution < -0.4 is 4.74 Å². The van der Waals surface area contributed by atoms with E-state index in [-0.39, 0.29) is 6.10 Å². The number of fused-ring (bicyclic) bond motifs is 1. The zero-order valence-corrected chi connectivity index (χ0v) is 12.5. The Hall–Kier alpha value is -1.92. The zero-order valence-electron chi connectivity index (χ0n) is 12.5. The monoisotopic (exact) mass is 300 g/mol. The number of ether oxygens (including phenoxy) is 1. The fourth-order valence-corrected chi connectivity index (χ4v) is 3.45. The summed E-state index contributed by atoms with van der Waals surface area (Å²) >= 11 is 0. The summed E-state index contributed by atoms with van der Waals surface area (Å²) in [6.07, 6.45) is 8.02. The van der Waals surface area contributed by atoms with E-state index in [1.54, 1.807) is 18.7 Å². The SMILES string of the molecule is c1coc(CN2CCN3C[C@H](Oc4cncnc4)C[C@H]3C2)c1. The summed E-state index contributed by atoms with van der Waals surface area (Å²) in [4.78, 5) is 13.0. The van der Waals surface area contributed by atoms with Crippen LogP contribution in [-0.4, -0.2) is 58.1 Å². The van der Waals surface area contributed by atoms with E-state index in [1.165, 1.54) is 6.33 Å². The van der Waals surface area contributed by atoms with Gasteiger partial charge in [-0.05, 0) is 12.1 Å². The Morgan fingerprint density at radius 1 is 1.23 bits per heavy atom. The number of furan rings is 1. The minimum atomic E-state index is 0.236. The standard InChI is InChI=1S/C16H20N4O2/c1-2-14(21-5-1)10-19-3-4-20-11-15(6-13(20)9-19)22-16-7-17-12-18-8-16/h1-2,5,7-8,12-13,15H,3-4,6,9-11H2/t13-,15+/m0/s1. The Labute approximate surface area is 129 Å². The molecule has 4 rings (SSSR count). The van der Waals surface area contributed by atoms with Gasteiger partial charge in [0, 0.05) is 38.6 Å². The molecule has 4 heterocycles. The van der Waals surface area contributed by atoms with Gasteiger partial charge in [-0.15, -0.1) is 0 Å². The first kappa shape index (κ1) is 13.7. The Morgan fingerprint density at radius 2 is 2.14 bits per heavy atom. The molecule has 6 nitrogen and oxygen atoms in total. The van der Waals surface area contributed by atoms with E-state index in [1.807, 2.05) is 12.1 Å². The first-order valence-electron chi connectivity index (χ1n) is 7.77. The minimum Gasteiger partial charge on any atom is -0.486 e. The van der Waals surface area contributed by atoms with Gasteiger partial charge < -0.3 is 9.15 Å². The van der Waals surface area contributed by atoms with Crippen LogP contribution in [0.4, 0.5) is 0 Å². The van der Waals surface area contributed by atoms with Crippen molar-refractivity contribution in [3.8, 4) is 5.75 Å². The molecule has 2 aliphatic heterocycles. The van der Waals surface area contributed by atoms with Gasteiger partial charge in [0.25, 0.3) is 0 Å². The molecule has 2 fully saturated rings. The molecule has 0 amide bonds. The minimum absolute atomic E-state index is 0.236. The second kappa shape index (κ2) is 6.06. The van der Waals surface area contributed by atoms with Crippen LogP contribution in [0.3, 0.4) is 0 Å². The van der Waals surface area contributed by atoms with Crippen molar-refractivity contribution in [1.82, 2.24) is 19.8 Å². The van der Waals surface area contributed by atoms with E-state index in [0.29, 0.717) is 6.04 Å². The zero-order chi connectivity index (χ0) is 14.8. The molecule has 0 unspecified atom stereocenters. The number of nitrogens with zero attached hydrogens (tertiary/aromatic N) is 4. The predicted octanol–water partition coefficient (Wildman–Crippen LogP) is 1.41. The van der Waals surface area contributed by atoms with Crippen LogP contribution in [0.25, 0.3) is 0 Å². The highest BCUT2D eigenvalue weighted by Crippen LogP contribution is 2.26. The number of rotatable bonds is 4. The molecule has 22 heavy (non-hydrogen) atoms. The van der Waals surface area contributed by atoms with Gasteiger partial charge in [0.15, 0.2) is 5.75 Å². The highest BCUT2D eigenvalue weighted by molar-refractivity contribution is 5.11. The normalized spacial score (nSPS) is 26.0. The quantitative estimate of drug-likeness (QED) is 0.851. The Morgan fingerprint density at radius 3 is 2.95 bits per heavy atom. The van der Waals surface area contributed by atoms with E-state index in [4.69, 9.17) is 9.15 Å². The maximum absolute atomic E-state index is 6.00. The lowest BCUT2D eigenvalue weighted by atomic mass is 10.1. The van der Waals surface area contributed by atoms with E-state index in [2.05, 4.69) is 19.8 Å². The summed E-state index contributed by atoms with van der Waals surface area (Å²) in [6.45, 7) is 5.14. The summed E-state index contributed by atoms with van der Waals surface area (Å²) in [5.41, 5.74) is 0. The lowest BCUT2D eigenvalue weighted by Crippen LogP contribution is -2.49. The van der Waals surface area contributed by atoms with Gasteiger partial charge in [0.05, 0.1) is 25.2 Å². The molecule has 2 atom stereocenters. The summed E-state index contributed by atoms with van der Waals surface area (Å²) in [5.74, 6) is 1.81. The molecule has 6 heteroatoms. The molecule has 116 valence electrons. The molecule has 0 bridgehead atoms. The maximum Gasteiger partial charge on any atom is 0.156 e. The predicted molar refractivity (Wildman–Crippen MR) is 80.4 cm³/mol. The molecular formula is C16H20N4O2. The fraction of sp³-hybridized carbons (Fsp3) is 0.500. The van der Waals surface area contributed by atoms with E-state index < -0.39 is 0 Å². The van der Waals surface area contributed by atoms with Gasteiger partial charge in [-0.3, -0.25) is 9.80 Å². The molecule has 2 aliphatic rings. The largest absolute Gasteiger partial charge is 0.486 e. The highest BCUT2D eigenvalue weighted by Gasteiger charge is 2.37. The van der Waals surface area contributed by atoms with Crippen LogP contribution >= 0.6 is 0 Å². The van der Waals surface area contributed by atoms with Gasteiger partial charge in [-0.2, -0.15) is 0 Å². The average molecular weight is 300 g/mol. The third-order valence-corrected chi connectivity index (χ3v) is 4.46. The van der Waals surface area contributed by atoms with Gasteiger partial charge in [-0.1, -0.05) is 0 Å². The number of aromatic nitrogens is 2. The van der Waals surface area contributed by atoms with Gasteiger partial charge in [-0.25, -0.2) is 9.97 Å². The van der Waals surface area contributed by atoms with Crippen molar-refractivity contribution in [2.24, 2.45) is 0 Å². The number of hydrogen-bond acceptors (Lipinski definition) is 6. The van der Waals surface area contributed by atoms with E-state index in [0.717, 1.165) is 50.7 Å². The van der Waals surface area contributed by atoms with Crippen molar-refractivity contribution in [1.29, 1.82) is 0 Å². The smallest absolute Gasteiger partial charge is 0.156 e. The Bertz CT molecular complexity index is 589. The second-order valence-corrected chi connectivity index (χ2v) is 6.01. The van der Waals surface area contributed by atoms with E-state index >= 15 is 0 Å². The third kappa shape index (κ3) is 2.98. The number of hydrogen-bond donors (Lipinski definition) is 0. The van der Waals surface area contributed by atoms with Crippen LogP contribution in [0.5, 0.6) is 5.75 Å². The molecular weight excluding hydrogens is 280 g/mol. The molecule has 0 N–H and O–H groups in total. The Balaban J connectivity index is 1.33. The molecule has 2 aromatic heterocycles. The van der Waals surface area contributed by atoms with Crippen molar-refractivity contribution >= 4 is 0 Å². The van der Waals surface area contributed by atoms with Crippen LogP contribution in [0.2, 0.25) is 0 Å². The molecule has 2 aromatic rings. The summed E-state index contributed by atoms with van der Waals surface area (Å²) in [7, 11) is 0. The van der Waals surface area contributed by atoms with Crippen LogP contribution in [0, 0.1) is 0 Å². The van der Waals surface area contributed by atoms with Crippen LogP contribution in [-0.2, 0) is 6.54 Å². The lowest BCUT2D eigenvalue weighted by Gasteiger charge is -2.36. The first-order chi connectivity index (χ1) is 10.9. The maximum atomic E-state index is 6.00. The van der Waals surface area contributed by atoms with Gasteiger partial charge in [0.1, 0.15) is 18.2 Å². The molecule has 0 aromatic carbocycles. The van der Waals surface area contributed by atoms with Gasteiger partial charge in [0.2, 0.25) is 0 Å². The van der Waals surface area contributed by atoms with Crippen molar-refractivity contribution < 1.29 is 9.15 Å². The third-order valence-electron chi connectivity index (χ3n) is 4.46. The summed E-state index contributed by atoms with van der Waals surface area (Å²) in [6, 6.07) is 4.56. The molecule has 0 saturated carbocycles. The number of piperazine rings is 1. The lowest BCUT2D eigenvalue weighted by molar-refractivity contribution is 0.0927. The van der Waals surface area contributed by atoms with Gasteiger partial charge >= 0.3 is 0 Å². The molecule has 0 radical (unpaired) electrons. The topological polar surface area (TPSA) is 54.6 Å². The first-order valence-corrected chi connectivity index (χ1v) is 7.77. The Kier molecular flexibility index (Phi) is 3.78. The molecule has 0 aliphatic carbocycles. The van der Waals surface area contributed by atoms with Crippen molar-refractivity contribution in [3.05, 3.63) is 42.9 Å². The molecule has 2 saturated heterocycles. The summed E-state index contributed by atoms with van der Waals surface area (Å²) in [5, 5.41) is 0. The second-order valence-electron chi connectivity index (χ2n) is 6.01. The summed E-state index contributed by atoms with van der Waals surface area (Å²) < 4.78 is 11.5.